The minimum absolute atomic E-state index is 0.0651. The third kappa shape index (κ3) is 3.98. The van der Waals surface area contributed by atoms with Crippen molar-refractivity contribution in [2.45, 2.75) is 24.4 Å². The molecule has 27 heavy (non-hydrogen) atoms. The molecule has 0 unspecified atom stereocenters. The van der Waals surface area contributed by atoms with Gasteiger partial charge in [-0.2, -0.15) is 0 Å². The molecule has 1 saturated heterocycles. The Balaban J connectivity index is 1.86. The molecule has 1 fully saturated rings. The zero-order chi connectivity index (χ0) is 19.4. The van der Waals surface area contributed by atoms with Crippen molar-refractivity contribution in [2.24, 2.45) is 5.73 Å². The van der Waals surface area contributed by atoms with Crippen LogP contribution in [0.4, 0.5) is 4.79 Å². The van der Waals surface area contributed by atoms with E-state index in [-0.39, 0.29) is 13.0 Å². The first-order valence-electron chi connectivity index (χ1n) is 8.56. The molecular weight excluding hydrogens is 348 g/mol. The number of carboxylic acid groups (broad SMARTS) is 1. The molecule has 0 bridgehead atoms. The van der Waals surface area contributed by atoms with Crippen LogP contribution in [0.15, 0.2) is 60.7 Å². The molecular formula is C20H20N2O5. The first-order valence-corrected chi connectivity index (χ1v) is 8.56. The van der Waals surface area contributed by atoms with E-state index >= 15 is 0 Å². The Bertz CT molecular complexity index is 825. The van der Waals surface area contributed by atoms with E-state index in [0.717, 1.165) is 10.5 Å². The number of ether oxygens (including phenoxy) is 1. The fourth-order valence-electron chi connectivity index (χ4n) is 3.23. The molecule has 1 aliphatic heterocycles. The highest BCUT2D eigenvalue weighted by Gasteiger charge is 2.40. The predicted molar refractivity (Wildman–Crippen MR) is 96.8 cm³/mol. The number of imide groups is 1. The lowest BCUT2D eigenvalue weighted by molar-refractivity contribution is -0.139. The number of cyclic esters (lactones) is 1. The van der Waals surface area contributed by atoms with Crippen LogP contribution in [-0.2, 0) is 14.3 Å². The Morgan fingerprint density at radius 1 is 1.11 bits per heavy atom. The summed E-state index contributed by atoms with van der Waals surface area (Å²) in [5, 5.41) is 9.33. The largest absolute Gasteiger partial charge is 0.480 e. The molecule has 0 spiro atoms. The number of rotatable bonds is 6. The quantitative estimate of drug-likeness (QED) is 0.809. The maximum Gasteiger partial charge on any atom is 0.417 e. The van der Waals surface area contributed by atoms with E-state index in [0.29, 0.717) is 5.56 Å². The number of benzene rings is 2. The Labute approximate surface area is 156 Å². The second-order valence-corrected chi connectivity index (χ2v) is 6.35. The summed E-state index contributed by atoms with van der Waals surface area (Å²) in [4.78, 5) is 37.6. The van der Waals surface area contributed by atoms with Crippen molar-refractivity contribution in [3.05, 3.63) is 71.8 Å². The summed E-state index contributed by atoms with van der Waals surface area (Å²) in [6.45, 7) is 0.0651. The number of carbonyl (C=O) groups is 3. The highest BCUT2D eigenvalue weighted by Crippen LogP contribution is 2.31. The van der Waals surface area contributed by atoms with E-state index in [2.05, 4.69) is 0 Å². The topological polar surface area (TPSA) is 110 Å². The smallest absolute Gasteiger partial charge is 0.417 e. The van der Waals surface area contributed by atoms with Gasteiger partial charge in [0.15, 0.2) is 0 Å². The van der Waals surface area contributed by atoms with Gasteiger partial charge < -0.3 is 15.6 Å². The van der Waals surface area contributed by atoms with Crippen molar-refractivity contribution in [3.8, 4) is 0 Å². The maximum atomic E-state index is 12.9. The van der Waals surface area contributed by atoms with Gasteiger partial charge in [-0.15, -0.1) is 0 Å². The van der Waals surface area contributed by atoms with Crippen molar-refractivity contribution < 1.29 is 24.2 Å². The maximum absolute atomic E-state index is 12.9. The van der Waals surface area contributed by atoms with Crippen LogP contribution in [0.2, 0.25) is 0 Å². The predicted octanol–water partition coefficient (Wildman–Crippen LogP) is 2.29. The second kappa shape index (κ2) is 8.01. The van der Waals surface area contributed by atoms with Gasteiger partial charge in [0.25, 0.3) is 0 Å². The van der Waals surface area contributed by atoms with Crippen LogP contribution >= 0.6 is 0 Å². The SMILES string of the molecule is N[C@@H](C(=O)O)[C@@H](CC(=O)N1C(=O)OC[C@H]1c1ccccc1)c1ccccc1. The lowest BCUT2D eigenvalue weighted by Crippen LogP contribution is -2.41. The third-order valence-electron chi connectivity index (χ3n) is 4.67. The summed E-state index contributed by atoms with van der Waals surface area (Å²) in [7, 11) is 0. The fourth-order valence-corrected chi connectivity index (χ4v) is 3.23. The van der Waals surface area contributed by atoms with Gasteiger partial charge in [0.05, 0.1) is 0 Å². The van der Waals surface area contributed by atoms with E-state index in [1.165, 1.54) is 0 Å². The Morgan fingerprint density at radius 3 is 2.30 bits per heavy atom. The normalized spacial score (nSPS) is 18.6. The fraction of sp³-hybridized carbons (Fsp3) is 0.250. The number of hydrogen-bond acceptors (Lipinski definition) is 5. The van der Waals surface area contributed by atoms with Crippen molar-refractivity contribution in [1.82, 2.24) is 4.90 Å². The van der Waals surface area contributed by atoms with Crippen LogP contribution in [0.25, 0.3) is 0 Å². The second-order valence-electron chi connectivity index (χ2n) is 6.35. The first-order chi connectivity index (χ1) is 13.0. The van der Waals surface area contributed by atoms with Gasteiger partial charge in [-0.25, -0.2) is 9.69 Å². The number of amides is 2. The third-order valence-corrected chi connectivity index (χ3v) is 4.67. The zero-order valence-corrected chi connectivity index (χ0v) is 14.5. The number of carboxylic acids is 1. The molecule has 2 aromatic rings. The average Bonchev–Trinajstić information content (AvgIpc) is 3.08. The van der Waals surface area contributed by atoms with Gasteiger partial charge in [0.2, 0.25) is 5.91 Å². The molecule has 2 aromatic carbocycles. The summed E-state index contributed by atoms with van der Waals surface area (Å²) < 4.78 is 5.07. The molecule has 140 valence electrons. The highest BCUT2D eigenvalue weighted by molar-refractivity contribution is 5.94. The zero-order valence-electron chi connectivity index (χ0n) is 14.5. The molecule has 0 saturated carbocycles. The number of hydrogen-bond donors (Lipinski definition) is 2. The van der Waals surface area contributed by atoms with Gasteiger partial charge in [0, 0.05) is 12.3 Å². The molecule has 0 aliphatic carbocycles. The molecule has 0 aromatic heterocycles. The van der Waals surface area contributed by atoms with E-state index in [9.17, 15) is 19.5 Å². The summed E-state index contributed by atoms with van der Waals surface area (Å²) in [5.41, 5.74) is 7.24. The van der Waals surface area contributed by atoms with Crippen LogP contribution < -0.4 is 5.73 Å². The first kappa shape index (κ1) is 18.6. The number of nitrogens with two attached hydrogens (primary N) is 1. The summed E-state index contributed by atoms with van der Waals surface area (Å²) in [5.74, 6) is -2.49. The van der Waals surface area contributed by atoms with Crippen LogP contribution in [0.1, 0.15) is 29.5 Å². The van der Waals surface area contributed by atoms with E-state index < -0.39 is 36.0 Å². The molecule has 7 heteroatoms. The highest BCUT2D eigenvalue weighted by atomic mass is 16.6. The van der Waals surface area contributed by atoms with Crippen LogP contribution in [0, 0.1) is 0 Å². The molecule has 2 amide bonds. The van der Waals surface area contributed by atoms with E-state index in [1.54, 1.807) is 30.3 Å². The molecule has 3 N–H and O–H groups in total. The van der Waals surface area contributed by atoms with Gasteiger partial charge in [-0.1, -0.05) is 60.7 Å². The minimum Gasteiger partial charge on any atom is -0.480 e. The van der Waals surface area contributed by atoms with Gasteiger partial charge in [-0.3, -0.25) is 9.59 Å². The molecule has 1 aliphatic rings. The lowest BCUT2D eigenvalue weighted by atomic mass is 9.88. The van der Waals surface area contributed by atoms with Crippen molar-refractivity contribution in [2.75, 3.05) is 6.61 Å². The van der Waals surface area contributed by atoms with Gasteiger partial charge in [-0.05, 0) is 11.1 Å². The number of nitrogens with zero attached hydrogens (tertiary/aromatic N) is 1. The van der Waals surface area contributed by atoms with Crippen molar-refractivity contribution >= 4 is 18.0 Å². The Hall–Kier alpha value is -3.19. The Morgan fingerprint density at radius 2 is 1.70 bits per heavy atom. The summed E-state index contributed by atoms with van der Waals surface area (Å²) in [6, 6.07) is 16.0. The van der Waals surface area contributed by atoms with E-state index in [4.69, 9.17) is 10.5 Å². The van der Waals surface area contributed by atoms with Crippen LogP contribution in [0.3, 0.4) is 0 Å². The van der Waals surface area contributed by atoms with E-state index in [1.807, 2.05) is 30.3 Å². The molecule has 1 heterocycles. The molecule has 0 radical (unpaired) electrons. The van der Waals surface area contributed by atoms with Gasteiger partial charge >= 0.3 is 12.1 Å². The lowest BCUT2D eigenvalue weighted by Gasteiger charge is -2.25. The monoisotopic (exact) mass is 368 g/mol. The van der Waals surface area contributed by atoms with Gasteiger partial charge in [0.1, 0.15) is 18.7 Å². The number of aliphatic carboxylic acids is 1. The summed E-state index contributed by atoms with van der Waals surface area (Å²) >= 11 is 0. The average molecular weight is 368 g/mol. The molecule has 3 atom stereocenters. The Kier molecular flexibility index (Phi) is 5.52. The van der Waals surface area contributed by atoms with Crippen LogP contribution in [0.5, 0.6) is 0 Å². The number of carbonyl (C=O) groups excluding carboxylic acids is 2. The molecule has 7 nitrogen and oxygen atoms in total. The van der Waals surface area contributed by atoms with Crippen LogP contribution in [-0.4, -0.2) is 40.6 Å². The van der Waals surface area contributed by atoms with Crippen molar-refractivity contribution in [1.29, 1.82) is 0 Å². The molecule has 3 rings (SSSR count). The summed E-state index contributed by atoms with van der Waals surface area (Å²) in [6.07, 6.45) is -0.944. The van der Waals surface area contributed by atoms with Crippen molar-refractivity contribution in [3.63, 3.8) is 0 Å². The standard InChI is InChI=1S/C20H20N2O5/c21-18(19(24)25)15(13-7-3-1-4-8-13)11-17(23)22-16(12-27-20(22)26)14-9-5-2-6-10-14/h1-10,15-16,18H,11-12,21H2,(H,24,25)/t15-,16-,18+/m0/s1. The minimum atomic E-state index is -1.27.